The number of nitriles is 1. The van der Waals surface area contributed by atoms with Crippen molar-refractivity contribution in [2.24, 2.45) is 5.73 Å². The zero-order chi connectivity index (χ0) is 19.7. The lowest BCUT2D eigenvalue weighted by atomic mass is 9.84. The highest BCUT2D eigenvalue weighted by molar-refractivity contribution is 5.70. The summed E-state index contributed by atoms with van der Waals surface area (Å²) < 4.78 is 16.1. The molecule has 1 atom stereocenters. The first kappa shape index (κ1) is 17.9. The molecule has 0 aliphatic carbocycles. The lowest BCUT2D eigenvalue weighted by Gasteiger charge is -2.26. The molecule has 2 aliphatic rings. The van der Waals surface area contributed by atoms with Crippen LogP contribution in [0.3, 0.4) is 0 Å². The van der Waals surface area contributed by atoms with E-state index in [0.29, 0.717) is 43.5 Å². The van der Waals surface area contributed by atoms with E-state index in [0.717, 1.165) is 16.8 Å². The van der Waals surface area contributed by atoms with E-state index >= 15 is 0 Å². The van der Waals surface area contributed by atoms with Crippen LogP contribution < -0.4 is 15.2 Å². The van der Waals surface area contributed by atoms with E-state index in [1.807, 2.05) is 6.92 Å². The van der Waals surface area contributed by atoms with Gasteiger partial charge < -0.3 is 24.8 Å². The Morgan fingerprint density at radius 2 is 2.07 bits per heavy atom. The molecule has 0 bridgehead atoms. The maximum Gasteiger partial charge on any atom is 0.415 e. The summed E-state index contributed by atoms with van der Waals surface area (Å²) in [6.07, 6.45) is -0.406. The average molecular weight is 381 g/mol. The molecule has 3 heterocycles. The highest BCUT2D eigenvalue weighted by Crippen LogP contribution is 2.42. The van der Waals surface area contributed by atoms with Gasteiger partial charge in [-0.3, -0.25) is 5.10 Å². The van der Waals surface area contributed by atoms with E-state index in [9.17, 15) is 10.1 Å². The third-order valence-electron chi connectivity index (χ3n) is 4.82. The Kier molecular flexibility index (Phi) is 4.63. The molecule has 0 unspecified atom stereocenters. The Hall–Kier alpha value is -3.51. The van der Waals surface area contributed by atoms with Crippen LogP contribution in [0.15, 0.2) is 35.7 Å². The number of nitrogens with zero attached hydrogens (tertiary/aromatic N) is 3. The molecule has 1 saturated heterocycles. The molecular formula is C19H19N5O4. The highest BCUT2D eigenvalue weighted by atomic mass is 16.6. The number of amides is 1. The zero-order valence-corrected chi connectivity index (χ0v) is 15.3. The summed E-state index contributed by atoms with van der Waals surface area (Å²) in [5.41, 5.74) is 8.61. The van der Waals surface area contributed by atoms with E-state index in [4.69, 9.17) is 19.9 Å². The van der Waals surface area contributed by atoms with E-state index in [1.54, 1.807) is 29.2 Å². The molecule has 28 heavy (non-hydrogen) atoms. The van der Waals surface area contributed by atoms with Gasteiger partial charge in [-0.1, -0.05) is 12.1 Å². The number of aromatic nitrogens is 2. The number of hydrogen-bond donors (Lipinski definition) is 2. The van der Waals surface area contributed by atoms with Crippen molar-refractivity contribution in [1.82, 2.24) is 15.1 Å². The van der Waals surface area contributed by atoms with Crippen LogP contribution in [0.5, 0.6) is 11.6 Å². The van der Waals surface area contributed by atoms with Crippen LogP contribution in [0.2, 0.25) is 0 Å². The molecule has 1 amide bonds. The molecule has 0 radical (unpaired) electrons. The minimum atomic E-state index is -0.406. The Morgan fingerprint density at radius 3 is 2.75 bits per heavy atom. The number of allylic oxidation sites excluding steroid dienone is 1. The Bertz CT molecular complexity index is 967. The molecule has 144 valence electrons. The maximum atomic E-state index is 12.2. The van der Waals surface area contributed by atoms with Crippen molar-refractivity contribution in [1.29, 1.82) is 5.26 Å². The molecule has 0 spiro atoms. The number of rotatable bonds is 2. The number of hydrogen-bond acceptors (Lipinski definition) is 7. The molecule has 0 saturated carbocycles. The third-order valence-corrected chi connectivity index (χ3v) is 4.82. The van der Waals surface area contributed by atoms with Crippen molar-refractivity contribution in [3.05, 3.63) is 52.5 Å². The average Bonchev–Trinajstić information content (AvgIpc) is 3.08. The third kappa shape index (κ3) is 3.14. The summed E-state index contributed by atoms with van der Waals surface area (Å²) in [6.45, 7) is 3.90. The summed E-state index contributed by atoms with van der Waals surface area (Å²) >= 11 is 0. The van der Waals surface area contributed by atoms with Gasteiger partial charge in [0.15, 0.2) is 0 Å². The smallest absolute Gasteiger partial charge is 0.415 e. The molecule has 1 fully saturated rings. The number of aryl methyl sites for hydroxylation is 1. The van der Waals surface area contributed by atoms with Crippen LogP contribution in [0.1, 0.15) is 22.7 Å². The van der Waals surface area contributed by atoms with E-state index in [2.05, 4.69) is 16.3 Å². The molecule has 9 heteroatoms. The van der Waals surface area contributed by atoms with E-state index in [1.165, 1.54) is 0 Å². The fourth-order valence-electron chi connectivity index (χ4n) is 3.37. The first-order valence-electron chi connectivity index (χ1n) is 8.85. The predicted molar refractivity (Wildman–Crippen MR) is 97.5 cm³/mol. The molecule has 1 aromatic heterocycles. The number of H-pyrrole nitrogens is 1. The second kappa shape index (κ2) is 7.25. The maximum absolute atomic E-state index is 12.2. The van der Waals surface area contributed by atoms with Crippen molar-refractivity contribution < 1.29 is 19.0 Å². The normalized spacial score (nSPS) is 18.9. The minimum absolute atomic E-state index is 0.0364. The topological polar surface area (TPSA) is 126 Å². The number of ether oxygens (including phenoxy) is 3. The highest BCUT2D eigenvalue weighted by Gasteiger charge is 2.34. The van der Waals surface area contributed by atoms with Gasteiger partial charge in [0.25, 0.3) is 0 Å². The van der Waals surface area contributed by atoms with Gasteiger partial charge in [0.2, 0.25) is 11.8 Å². The SMILES string of the molecule is Cc1[nH]nc2c1[C@@H](c1ccc(OC(=O)N3CCOCC3)cc1)C(C#N)=C(N)O2. The lowest BCUT2D eigenvalue weighted by Crippen LogP contribution is -2.42. The van der Waals surface area contributed by atoms with Gasteiger partial charge >= 0.3 is 6.09 Å². The number of nitrogens with one attached hydrogen (secondary N) is 1. The Labute approximate surface area is 161 Å². The summed E-state index contributed by atoms with van der Waals surface area (Å²) in [4.78, 5) is 13.8. The van der Waals surface area contributed by atoms with Gasteiger partial charge in [-0.2, -0.15) is 5.26 Å². The van der Waals surface area contributed by atoms with Crippen molar-refractivity contribution in [2.45, 2.75) is 12.8 Å². The van der Waals surface area contributed by atoms with Gasteiger partial charge in [0.05, 0.1) is 19.1 Å². The van der Waals surface area contributed by atoms with E-state index < -0.39 is 12.0 Å². The van der Waals surface area contributed by atoms with E-state index in [-0.39, 0.29) is 5.88 Å². The van der Waals surface area contributed by atoms with Crippen LogP contribution in [-0.2, 0) is 4.74 Å². The van der Waals surface area contributed by atoms with Crippen LogP contribution in [-0.4, -0.2) is 47.5 Å². The van der Waals surface area contributed by atoms with Crippen molar-refractivity contribution in [2.75, 3.05) is 26.3 Å². The summed E-state index contributed by atoms with van der Waals surface area (Å²) in [5, 5.41) is 16.6. The monoisotopic (exact) mass is 381 g/mol. The summed E-state index contributed by atoms with van der Waals surface area (Å²) in [6, 6.07) is 9.14. The number of benzene rings is 1. The van der Waals surface area contributed by atoms with Gasteiger partial charge in [-0.05, 0) is 24.6 Å². The fourth-order valence-corrected chi connectivity index (χ4v) is 3.37. The van der Waals surface area contributed by atoms with Gasteiger partial charge in [0, 0.05) is 24.3 Å². The zero-order valence-electron chi connectivity index (χ0n) is 15.3. The lowest BCUT2D eigenvalue weighted by molar-refractivity contribution is 0.0416. The van der Waals surface area contributed by atoms with Crippen LogP contribution in [0.25, 0.3) is 0 Å². The molecule has 2 aromatic rings. The quantitative estimate of drug-likeness (QED) is 0.811. The molecule has 4 rings (SSSR count). The van der Waals surface area contributed by atoms with Crippen LogP contribution in [0, 0.1) is 18.3 Å². The number of fused-ring (bicyclic) bond motifs is 1. The minimum Gasteiger partial charge on any atom is -0.420 e. The Balaban J connectivity index is 1.59. The Morgan fingerprint density at radius 1 is 1.36 bits per heavy atom. The molecule has 9 nitrogen and oxygen atoms in total. The first-order valence-corrected chi connectivity index (χ1v) is 8.85. The first-order chi connectivity index (χ1) is 13.6. The molecule has 3 N–H and O–H groups in total. The number of aromatic amines is 1. The summed E-state index contributed by atoms with van der Waals surface area (Å²) in [7, 11) is 0. The van der Waals surface area contributed by atoms with Crippen LogP contribution in [0.4, 0.5) is 4.79 Å². The van der Waals surface area contributed by atoms with Crippen LogP contribution >= 0.6 is 0 Å². The van der Waals surface area contributed by atoms with Gasteiger partial charge in [0.1, 0.15) is 17.4 Å². The van der Waals surface area contributed by atoms with Crippen molar-refractivity contribution in [3.8, 4) is 17.7 Å². The standard InChI is InChI=1S/C19H19N5O4/c1-11-15-16(14(10-20)17(21)28-18(15)23-22-11)12-2-4-13(5-3-12)27-19(25)24-6-8-26-9-7-24/h2-5,16H,6-9,21H2,1H3,(H,22,23)/t16-/m0/s1. The molecular weight excluding hydrogens is 362 g/mol. The second-order valence-corrected chi connectivity index (χ2v) is 6.53. The predicted octanol–water partition coefficient (Wildman–Crippen LogP) is 1.77. The molecule has 2 aliphatic heterocycles. The number of morpholine rings is 1. The van der Waals surface area contributed by atoms with Gasteiger partial charge in [-0.15, -0.1) is 5.10 Å². The fraction of sp³-hybridized carbons (Fsp3) is 0.316. The van der Waals surface area contributed by atoms with Gasteiger partial charge in [-0.25, -0.2) is 4.79 Å². The second-order valence-electron chi connectivity index (χ2n) is 6.53. The number of carbonyl (C=O) groups excluding carboxylic acids is 1. The van der Waals surface area contributed by atoms with Crippen molar-refractivity contribution in [3.63, 3.8) is 0 Å². The number of nitrogens with two attached hydrogens (primary N) is 1. The molecule has 1 aromatic carbocycles. The largest absolute Gasteiger partial charge is 0.420 e. The van der Waals surface area contributed by atoms with Crippen molar-refractivity contribution >= 4 is 6.09 Å². The summed E-state index contributed by atoms with van der Waals surface area (Å²) in [5.74, 6) is 0.416. The number of carbonyl (C=O) groups is 1.